The Balaban J connectivity index is 2.16. The van der Waals surface area contributed by atoms with Crippen LogP contribution in [-0.2, 0) is 15.9 Å². The van der Waals surface area contributed by atoms with E-state index in [2.05, 4.69) is 11.4 Å². The van der Waals surface area contributed by atoms with Crippen LogP contribution in [0.4, 0.5) is 4.79 Å². The number of carbonyl (C=O) groups is 1. The van der Waals surface area contributed by atoms with Crippen molar-refractivity contribution >= 4 is 6.09 Å². The van der Waals surface area contributed by atoms with E-state index in [0.717, 1.165) is 16.7 Å². The Morgan fingerprint density at radius 1 is 1.18 bits per heavy atom. The van der Waals surface area contributed by atoms with Crippen LogP contribution in [0.2, 0.25) is 0 Å². The van der Waals surface area contributed by atoms with E-state index >= 15 is 0 Å². The van der Waals surface area contributed by atoms with Gasteiger partial charge in [-0.05, 0) is 62.6 Å². The molecule has 0 unspecified atom stereocenters. The van der Waals surface area contributed by atoms with Crippen molar-refractivity contribution in [3.8, 4) is 22.9 Å². The second-order valence-electron chi connectivity index (χ2n) is 7.25. The highest BCUT2D eigenvalue weighted by molar-refractivity contribution is 5.72. The number of nitrogens with one attached hydrogen (secondary N) is 1. The molecule has 0 atom stereocenters. The van der Waals surface area contributed by atoms with Crippen LogP contribution in [0.25, 0.3) is 11.1 Å². The maximum Gasteiger partial charge on any atom is 0.407 e. The van der Waals surface area contributed by atoms with Gasteiger partial charge in [-0.3, -0.25) is 0 Å². The highest BCUT2D eigenvalue weighted by Gasteiger charge is 2.15. The van der Waals surface area contributed by atoms with Crippen LogP contribution in [0.1, 0.15) is 31.9 Å². The molecule has 6 heteroatoms. The van der Waals surface area contributed by atoms with E-state index in [9.17, 15) is 4.79 Å². The summed E-state index contributed by atoms with van der Waals surface area (Å²) < 4.78 is 15.9. The van der Waals surface area contributed by atoms with Crippen molar-refractivity contribution in [1.29, 1.82) is 5.26 Å². The van der Waals surface area contributed by atoms with Gasteiger partial charge in [0.2, 0.25) is 0 Å². The molecule has 2 aromatic rings. The monoisotopic (exact) mass is 382 g/mol. The zero-order valence-corrected chi connectivity index (χ0v) is 16.7. The Hall–Kier alpha value is -3.04. The molecule has 0 fully saturated rings. The molecule has 0 aliphatic heterocycles. The van der Waals surface area contributed by atoms with Crippen molar-refractivity contribution in [3.63, 3.8) is 0 Å². The van der Waals surface area contributed by atoms with Gasteiger partial charge in [0, 0.05) is 19.2 Å². The molecule has 0 saturated heterocycles. The minimum absolute atomic E-state index is 0.129. The van der Waals surface area contributed by atoms with E-state index in [-0.39, 0.29) is 6.79 Å². The fourth-order valence-electron chi connectivity index (χ4n) is 2.59. The van der Waals surface area contributed by atoms with E-state index in [1.165, 1.54) is 0 Å². The average Bonchev–Trinajstić information content (AvgIpc) is 2.65. The molecule has 0 spiro atoms. The van der Waals surface area contributed by atoms with Crippen LogP contribution in [0.5, 0.6) is 5.75 Å². The predicted molar refractivity (Wildman–Crippen MR) is 107 cm³/mol. The van der Waals surface area contributed by atoms with Gasteiger partial charge < -0.3 is 19.5 Å². The smallest absolute Gasteiger partial charge is 0.407 e. The summed E-state index contributed by atoms with van der Waals surface area (Å²) in [6.07, 6.45) is 0.198. The van der Waals surface area contributed by atoms with Gasteiger partial charge in [-0.15, -0.1) is 0 Å². The van der Waals surface area contributed by atoms with Crippen molar-refractivity contribution in [3.05, 3.63) is 53.6 Å². The minimum Gasteiger partial charge on any atom is -0.467 e. The van der Waals surface area contributed by atoms with Gasteiger partial charge in [0.25, 0.3) is 0 Å². The summed E-state index contributed by atoms with van der Waals surface area (Å²) >= 11 is 0. The predicted octanol–water partition coefficient (Wildman–Crippen LogP) is 4.28. The van der Waals surface area contributed by atoms with Crippen LogP contribution in [0.15, 0.2) is 42.5 Å². The molecule has 0 aliphatic carbocycles. The summed E-state index contributed by atoms with van der Waals surface area (Å²) in [6.45, 7) is 6.06. The third-order valence-corrected chi connectivity index (χ3v) is 3.76. The lowest BCUT2D eigenvalue weighted by Gasteiger charge is -2.19. The lowest BCUT2D eigenvalue weighted by Crippen LogP contribution is -2.33. The molecule has 28 heavy (non-hydrogen) atoms. The van der Waals surface area contributed by atoms with Crippen molar-refractivity contribution < 1.29 is 19.0 Å². The van der Waals surface area contributed by atoms with Crippen LogP contribution in [-0.4, -0.2) is 32.1 Å². The first kappa shape index (κ1) is 21.3. The quantitative estimate of drug-likeness (QED) is 0.723. The maximum absolute atomic E-state index is 11.8. The minimum atomic E-state index is -0.524. The SMILES string of the molecule is COCOc1ccc(CCNC(=O)OC(C)(C)C)cc1-c1cccc(C#N)c1. The standard InChI is InChI=1S/C22H26N2O4/c1-22(2,3)28-21(25)24-11-10-16-8-9-20(27-15-26-4)19(13-16)18-7-5-6-17(12-18)14-23/h5-9,12-13H,10-11,15H2,1-4H3,(H,24,25). The zero-order valence-electron chi connectivity index (χ0n) is 16.7. The molecule has 0 saturated carbocycles. The van der Waals surface area contributed by atoms with Gasteiger partial charge in [-0.2, -0.15) is 5.26 Å². The topological polar surface area (TPSA) is 80.6 Å². The van der Waals surface area contributed by atoms with Crippen molar-refractivity contribution in [2.75, 3.05) is 20.4 Å². The van der Waals surface area contributed by atoms with Crippen LogP contribution in [0, 0.1) is 11.3 Å². The third kappa shape index (κ3) is 6.60. The Labute approximate surface area is 166 Å². The van der Waals surface area contributed by atoms with Crippen LogP contribution in [0.3, 0.4) is 0 Å². The van der Waals surface area contributed by atoms with E-state index in [0.29, 0.717) is 24.3 Å². The lowest BCUT2D eigenvalue weighted by molar-refractivity contribution is 0.0513. The number of alkyl carbamates (subject to hydrolysis) is 1. The first-order valence-corrected chi connectivity index (χ1v) is 9.04. The highest BCUT2D eigenvalue weighted by Crippen LogP contribution is 2.32. The van der Waals surface area contributed by atoms with Gasteiger partial charge in [-0.25, -0.2) is 4.79 Å². The zero-order chi connectivity index (χ0) is 20.6. The number of hydrogen-bond acceptors (Lipinski definition) is 5. The van der Waals surface area contributed by atoms with Gasteiger partial charge >= 0.3 is 6.09 Å². The van der Waals surface area contributed by atoms with Crippen LogP contribution < -0.4 is 10.1 Å². The summed E-state index contributed by atoms with van der Waals surface area (Å²) in [5, 5.41) is 11.9. The van der Waals surface area contributed by atoms with Gasteiger partial charge in [0.05, 0.1) is 11.6 Å². The van der Waals surface area contributed by atoms with Gasteiger partial charge in [0.15, 0.2) is 6.79 Å². The second-order valence-corrected chi connectivity index (χ2v) is 7.25. The normalized spacial score (nSPS) is 10.8. The molecule has 0 bridgehead atoms. The van der Waals surface area contributed by atoms with Crippen molar-refractivity contribution in [2.45, 2.75) is 32.8 Å². The first-order valence-electron chi connectivity index (χ1n) is 9.04. The molecule has 0 radical (unpaired) electrons. The molecule has 0 aromatic heterocycles. The summed E-state index contributed by atoms with van der Waals surface area (Å²) in [7, 11) is 1.56. The van der Waals surface area contributed by atoms with Gasteiger partial charge in [0.1, 0.15) is 11.4 Å². The molecule has 148 valence electrons. The molecule has 0 aliphatic rings. The molecule has 2 aromatic carbocycles. The number of rotatable bonds is 7. The first-order chi connectivity index (χ1) is 13.3. The fraction of sp³-hybridized carbons (Fsp3) is 0.364. The number of methoxy groups -OCH3 is 1. The number of benzene rings is 2. The lowest BCUT2D eigenvalue weighted by atomic mass is 9.99. The summed E-state index contributed by atoms with van der Waals surface area (Å²) in [5.41, 5.74) is 2.82. The second kappa shape index (κ2) is 9.77. The van der Waals surface area contributed by atoms with E-state index in [1.807, 2.05) is 57.2 Å². The highest BCUT2D eigenvalue weighted by atomic mass is 16.7. The maximum atomic E-state index is 11.8. The van der Waals surface area contributed by atoms with Crippen molar-refractivity contribution in [2.24, 2.45) is 0 Å². The largest absolute Gasteiger partial charge is 0.467 e. The summed E-state index contributed by atoms with van der Waals surface area (Å²) in [6, 6.07) is 15.3. The third-order valence-electron chi connectivity index (χ3n) is 3.76. The molecular formula is C22H26N2O4. The molecule has 1 amide bonds. The molecule has 2 rings (SSSR count). The van der Waals surface area contributed by atoms with Crippen molar-refractivity contribution in [1.82, 2.24) is 5.32 Å². The van der Waals surface area contributed by atoms with Gasteiger partial charge in [-0.1, -0.05) is 18.2 Å². The Kier molecular flexibility index (Phi) is 7.42. The number of nitrogens with zero attached hydrogens (tertiary/aromatic N) is 1. The Morgan fingerprint density at radius 3 is 2.64 bits per heavy atom. The Bertz CT molecular complexity index is 850. The number of amides is 1. The number of hydrogen-bond donors (Lipinski definition) is 1. The van der Waals surface area contributed by atoms with E-state index in [4.69, 9.17) is 19.5 Å². The molecular weight excluding hydrogens is 356 g/mol. The summed E-state index contributed by atoms with van der Waals surface area (Å²) in [4.78, 5) is 11.8. The van der Waals surface area contributed by atoms with Crippen LogP contribution >= 0.6 is 0 Å². The number of nitriles is 1. The number of carbonyl (C=O) groups excluding carboxylic acids is 1. The average molecular weight is 382 g/mol. The van der Waals surface area contributed by atoms with E-state index < -0.39 is 11.7 Å². The molecule has 6 nitrogen and oxygen atoms in total. The summed E-state index contributed by atoms with van der Waals surface area (Å²) in [5.74, 6) is 0.667. The molecule has 0 heterocycles. The fourth-order valence-corrected chi connectivity index (χ4v) is 2.59. The van der Waals surface area contributed by atoms with E-state index in [1.54, 1.807) is 13.2 Å². The molecule has 1 N–H and O–H groups in total. The Morgan fingerprint density at radius 2 is 1.96 bits per heavy atom. The number of ether oxygens (including phenoxy) is 3.